The van der Waals surface area contributed by atoms with Crippen LogP contribution in [0.2, 0.25) is 0 Å². The van der Waals surface area contributed by atoms with Crippen molar-refractivity contribution in [2.45, 2.75) is 46.6 Å². The van der Waals surface area contributed by atoms with Crippen LogP contribution in [0.15, 0.2) is 30.5 Å². The number of fused-ring (bicyclic) bond motifs is 3. The number of nitrogens with one attached hydrogen (secondary N) is 1. The van der Waals surface area contributed by atoms with Crippen molar-refractivity contribution in [2.75, 3.05) is 11.9 Å². The van der Waals surface area contributed by atoms with Crippen molar-refractivity contribution in [2.24, 2.45) is 0 Å². The molecule has 0 saturated heterocycles. The van der Waals surface area contributed by atoms with E-state index in [1.165, 1.54) is 5.56 Å². The lowest BCUT2D eigenvalue weighted by Crippen LogP contribution is -2.31. The molecule has 0 spiro atoms. The summed E-state index contributed by atoms with van der Waals surface area (Å²) in [5.74, 6) is 0.0609. The topological polar surface area (TPSA) is 93.7 Å². The number of cyclic esters (lactones) is 2. The van der Waals surface area contributed by atoms with E-state index in [4.69, 9.17) is 14.5 Å². The average Bonchev–Trinajstić information content (AvgIpc) is 3.41. The number of carbonyl (C=O) groups is 2. The first-order valence-electron chi connectivity index (χ1n) is 11.4. The normalized spacial score (nSPS) is 16.5. The second-order valence-electron chi connectivity index (χ2n) is 9.04. The third-order valence-electron chi connectivity index (χ3n) is 7.10. The summed E-state index contributed by atoms with van der Waals surface area (Å²) in [5.41, 5.74) is 9.64. The summed E-state index contributed by atoms with van der Waals surface area (Å²) in [7, 11) is 0. The maximum Gasteiger partial charge on any atom is 0.338 e. The quantitative estimate of drug-likeness (QED) is 0.594. The molecule has 1 N–H and O–H groups in total. The molecular weight excluding hydrogens is 432 g/mol. The van der Waals surface area contributed by atoms with E-state index < -0.39 is 0 Å². The maximum atomic E-state index is 11.8. The van der Waals surface area contributed by atoms with E-state index in [2.05, 4.69) is 22.1 Å². The molecule has 172 valence electrons. The summed E-state index contributed by atoms with van der Waals surface area (Å²) in [6, 6.07) is 7.59. The molecule has 0 saturated carbocycles. The molecule has 8 nitrogen and oxygen atoms in total. The highest BCUT2D eigenvalue weighted by molar-refractivity contribution is 5.95. The monoisotopic (exact) mass is 456 g/mol. The van der Waals surface area contributed by atoms with Crippen LogP contribution in [-0.2, 0) is 42.2 Å². The Morgan fingerprint density at radius 1 is 0.971 bits per heavy atom. The predicted octanol–water partition coefficient (Wildman–Crippen LogP) is 3.74. The van der Waals surface area contributed by atoms with Crippen LogP contribution in [-0.4, -0.2) is 33.4 Å². The Morgan fingerprint density at radius 3 is 2.44 bits per heavy atom. The van der Waals surface area contributed by atoms with Crippen LogP contribution in [0.3, 0.4) is 0 Å². The van der Waals surface area contributed by atoms with Crippen molar-refractivity contribution in [3.05, 3.63) is 80.7 Å². The minimum Gasteiger partial charge on any atom is -0.457 e. The van der Waals surface area contributed by atoms with Crippen molar-refractivity contribution in [3.8, 4) is 0 Å². The molecule has 34 heavy (non-hydrogen) atoms. The molecule has 8 heteroatoms. The number of aromatic nitrogens is 2. The Bertz CT molecular complexity index is 1370. The third kappa shape index (κ3) is 3.42. The lowest BCUT2D eigenvalue weighted by Gasteiger charge is -2.29. The van der Waals surface area contributed by atoms with E-state index >= 15 is 0 Å². The fourth-order valence-electron chi connectivity index (χ4n) is 4.99. The zero-order chi connectivity index (χ0) is 23.4. The lowest BCUT2D eigenvalue weighted by molar-refractivity contribution is 0.0526. The van der Waals surface area contributed by atoms with E-state index in [1.807, 2.05) is 31.3 Å². The molecule has 0 fully saturated rings. The average molecular weight is 457 g/mol. The van der Waals surface area contributed by atoms with Crippen LogP contribution < -0.4 is 5.32 Å². The molecule has 3 aliphatic rings. The molecule has 2 aromatic carbocycles. The van der Waals surface area contributed by atoms with Gasteiger partial charge in [0.15, 0.2) is 0 Å². The number of anilines is 2. The highest BCUT2D eigenvalue weighted by Crippen LogP contribution is 2.31. The number of benzene rings is 2. The number of rotatable bonds is 4. The molecule has 0 unspecified atom stereocenters. The molecule has 3 aromatic rings. The predicted molar refractivity (Wildman–Crippen MR) is 124 cm³/mol. The van der Waals surface area contributed by atoms with Gasteiger partial charge in [0.05, 0.1) is 16.8 Å². The van der Waals surface area contributed by atoms with E-state index in [1.54, 1.807) is 6.07 Å². The van der Waals surface area contributed by atoms with E-state index in [0.29, 0.717) is 30.3 Å². The molecule has 0 aliphatic carbocycles. The van der Waals surface area contributed by atoms with Gasteiger partial charge in [-0.2, -0.15) is 0 Å². The summed E-state index contributed by atoms with van der Waals surface area (Å²) < 4.78 is 10.3. The smallest absolute Gasteiger partial charge is 0.338 e. The van der Waals surface area contributed by atoms with E-state index in [9.17, 15) is 9.59 Å². The molecule has 1 aromatic heterocycles. The standard InChI is InChI=1S/C26H24N4O4/c1-14-16(3-4-18-20(14)12-33-24(18)31)10-30-8-7-23-17(11-30)9-27-26(29-23)28-22-6-5-19-21(15(22)2)13-34-25(19)32/h3-6,9H,7-8,10-13H2,1-2H3,(H,27,28,29). The Balaban J connectivity index is 1.17. The first-order chi connectivity index (χ1) is 16.5. The highest BCUT2D eigenvalue weighted by Gasteiger charge is 2.26. The van der Waals surface area contributed by atoms with Gasteiger partial charge in [0, 0.05) is 54.6 Å². The SMILES string of the molecule is Cc1c(CN2CCc3nc(Nc4ccc5c(c4C)COC5=O)ncc3C2)ccc2c1COC2=O. The fourth-order valence-corrected chi connectivity index (χ4v) is 4.99. The Morgan fingerprint density at radius 2 is 1.68 bits per heavy atom. The van der Waals surface area contributed by atoms with Crippen LogP contribution in [0, 0.1) is 13.8 Å². The molecule has 0 atom stereocenters. The molecular formula is C26H24N4O4. The number of esters is 2. The minimum absolute atomic E-state index is 0.227. The van der Waals surface area contributed by atoms with Gasteiger partial charge in [-0.05, 0) is 48.7 Å². The zero-order valence-corrected chi connectivity index (χ0v) is 19.1. The van der Waals surface area contributed by atoms with Crippen LogP contribution in [0.5, 0.6) is 0 Å². The van der Waals surface area contributed by atoms with Gasteiger partial charge in [0.1, 0.15) is 13.2 Å². The fraction of sp³-hybridized carbons (Fsp3) is 0.308. The summed E-state index contributed by atoms with van der Waals surface area (Å²) in [6.45, 7) is 7.20. The second-order valence-corrected chi connectivity index (χ2v) is 9.04. The Kier molecular flexibility index (Phi) is 4.84. The van der Waals surface area contributed by atoms with Gasteiger partial charge >= 0.3 is 11.9 Å². The molecule has 0 amide bonds. The van der Waals surface area contributed by atoms with Crippen molar-refractivity contribution < 1.29 is 19.1 Å². The molecule has 0 radical (unpaired) electrons. The Labute approximate surface area is 196 Å². The first kappa shape index (κ1) is 20.8. The van der Waals surface area contributed by atoms with Crippen molar-refractivity contribution in [1.82, 2.24) is 14.9 Å². The summed E-state index contributed by atoms with van der Waals surface area (Å²) >= 11 is 0. The number of ether oxygens (including phenoxy) is 2. The van der Waals surface area contributed by atoms with Crippen LogP contribution in [0.1, 0.15) is 59.8 Å². The van der Waals surface area contributed by atoms with Gasteiger partial charge in [-0.15, -0.1) is 0 Å². The maximum absolute atomic E-state index is 11.8. The number of hydrogen-bond acceptors (Lipinski definition) is 8. The van der Waals surface area contributed by atoms with E-state index in [0.717, 1.165) is 65.3 Å². The lowest BCUT2D eigenvalue weighted by atomic mass is 9.97. The summed E-state index contributed by atoms with van der Waals surface area (Å²) in [6.07, 6.45) is 2.73. The van der Waals surface area contributed by atoms with Crippen molar-refractivity contribution in [1.29, 1.82) is 0 Å². The van der Waals surface area contributed by atoms with Crippen molar-refractivity contribution in [3.63, 3.8) is 0 Å². The third-order valence-corrected chi connectivity index (χ3v) is 7.10. The zero-order valence-electron chi connectivity index (χ0n) is 19.1. The van der Waals surface area contributed by atoms with Gasteiger partial charge in [-0.25, -0.2) is 19.6 Å². The number of hydrogen-bond donors (Lipinski definition) is 1. The molecule has 3 aliphatic heterocycles. The van der Waals surface area contributed by atoms with Gasteiger partial charge in [0.2, 0.25) is 5.95 Å². The summed E-state index contributed by atoms with van der Waals surface area (Å²) in [5, 5.41) is 3.31. The number of nitrogens with zero attached hydrogens (tertiary/aromatic N) is 3. The van der Waals surface area contributed by atoms with Crippen LogP contribution >= 0.6 is 0 Å². The largest absolute Gasteiger partial charge is 0.457 e. The molecule has 4 heterocycles. The van der Waals surface area contributed by atoms with Crippen molar-refractivity contribution >= 4 is 23.6 Å². The minimum atomic E-state index is -0.267. The van der Waals surface area contributed by atoms with Crippen LogP contribution in [0.25, 0.3) is 0 Å². The summed E-state index contributed by atoms with van der Waals surface area (Å²) in [4.78, 5) is 35.3. The van der Waals surface area contributed by atoms with Gasteiger partial charge in [0.25, 0.3) is 0 Å². The second kappa shape index (κ2) is 7.92. The van der Waals surface area contributed by atoms with E-state index in [-0.39, 0.29) is 11.9 Å². The molecule has 6 rings (SSSR count). The van der Waals surface area contributed by atoms with Gasteiger partial charge in [-0.1, -0.05) is 6.07 Å². The first-order valence-corrected chi connectivity index (χ1v) is 11.4. The highest BCUT2D eigenvalue weighted by atomic mass is 16.5. The van der Waals surface area contributed by atoms with Gasteiger partial charge in [-0.3, -0.25) is 4.90 Å². The molecule has 0 bridgehead atoms. The van der Waals surface area contributed by atoms with Gasteiger partial charge < -0.3 is 14.8 Å². The van der Waals surface area contributed by atoms with Crippen LogP contribution in [0.4, 0.5) is 11.6 Å². The Hall–Kier alpha value is -3.78. The number of carbonyl (C=O) groups excluding carboxylic acids is 2.